The van der Waals surface area contributed by atoms with Gasteiger partial charge in [0, 0.05) is 6.54 Å². The van der Waals surface area contributed by atoms with Crippen molar-refractivity contribution in [3.8, 4) is 11.5 Å². The molecule has 1 heterocycles. The molecular formula is C20H18FNO3S2. The maximum absolute atomic E-state index is 13.3. The van der Waals surface area contributed by atoms with Crippen molar-refractivity contribution in [1.82, 2.24) is 4.90 Å². The second-order valence-electron chi connectivity index (χ2n) is 5.75. The van der Waals surface area contributed by atoms with Crippen molar-refractivity contribution < 1.29 is 18.7 Å². The minimum atomic E-state index is -0.303. The topological polar surface area (TPSA) is 38.8 Å². The van der Waals surface area contributed by atoms with Gasteiger partial charge in [0.2, 0.25) is 0 Å². The van der Waals surface area contributed by atoms with Gasteiger partial charge >= 0.3 is 0 Å². The minimum Gasteiger partial charge on any atom is -0.493 e. The summed E-state index contributed by atoms with van der Waals surface area (Å²) in [6.07, 6.45) is 1.79. The normalized spacial score (nSPS) is 15.5. The van der Waals surface area contributed by atoms with E-state index in [2.05, 4.69) is 0 Å². The zero-order valence-electron chi connectivity index (χ0n) is 14.9. The third-order valence-electron chi connectivity index (χ3n) is 3.96. The molecule has 1 aliphatic rings. The molecule has 1 amide bonds. The van der Waals surface area contributed by atoms with Gasteiger partial charge < -0.3 is 9.47 Å². The number of hydrogen-bond acceptors (Lipinski definition) is 5. The molecule has 140 valence electrons. The number of carbonyl (C=O) groups is 1. The molecule has 0 aliphatic carbocycles. The Morgan fingerprint density at radius 1 is 1.22 bits per heavy atom. The standard InChI is InChI=1S/C20H18FNO3S2/c1-3-22-19(23)18(27-20(22)26)11-13-7-8-16(17(10-13)24-2)25-12-14-5-4-6-15(21)9-14/h4-11H,3,12H2,1-2H3. The number of nitrogens with zero attached hydrogens (tertiary/aromatic N) is 1. The zero-order chi connectivity index (χ0) is 19.4. The van der Waals surface area contributed by atoms with E-state index in [0.717, 1.165) is 11.1 Å². The van der Waals surface area contributed by atoms with Gasteiger partial charge in [0.1, 0.15) is 16.7 Å². The highest BCUT2D eigenvalue weighted by Crippen LogP contribution is 2.34. The molecule has 0 N–H and O–H groups in total. The number of ether oxygens (including phenoxy) is 2. The minimum absolute atomic E-state index is 0.0853. The second-order valence-corrected chi connectivity index (χ2v) is 7.43. The van der Waals surface area contributed by atoms with Gasteiger partial charge in [-0.25, -0.2) is 4.39 Å². The molecular weight excluding hydrogens is 385 g/mol. The maximum Gasteiger partial charge on any atom is 0.266 e. The van der Waals surface area contributed by atoms with Gasteiger partial charge in [0.05, 0.1) is 12.0 Å². The molecule has 1 aliphatic heterocycles. The molecule has 7 heteroatoms. The van der Waals surface area contributed by atoms with Crippen LogP contribution in [0.2, 0.25) is 0 Å². The lowest BCUT2D eigenvalue weighted by atomic mass is 10.1. The van der Waals surface area contributed by atoms with Crippen LogP contribution < -0.4 is 9.47 Å². The monoisotopic (exact) mass is 403 g/mol. The molecule has 0 aromatic heterocycles. The summed E-state index contributed by atoms with van der Waals surface area (Å²) < 4.78 is 25.0. The molecule has 0 radical (unpaired) electrons. The molecule has 0 atom stereocenters. The van der Waals surface area contributed by atoms with E-state index in [0.29, 0.717) is 27.3 Å². The summed E-state index contributed by atoms with van der Waals surface area (Å²) in [7, 11) is 1.55. The van der Waals surface area contributed by atoms with Crippen molar-refractivity contribution in [1.29, 1.82) is 0 Å². The Bertz CT molecular complexity index is 914. The Hall–Kier alpha value is -2.38. The van der Waals surface area contributed by atoms with Crippen LogP contribution in [0.15, 0.2) is 47.4 Å². The first-order chi connectivity index (χ1) is 13.0. The summed E-state index contributed by atoms with van der Waals surface area (Å²) in [5, 5.41) is 0. The maximum atomic E-state index is 13.3. The number of methoxy groups -OCH3 is 1. The van der Waals surface area contributed by atoms with Crippen molar-refractivity contribution in [3.63, 3.8) is 0 Å². The third-order valence-corrected chi connectivity index (χ3v) is 5.34. The largest absolute Gasteiger partial charge is 0.493 e. The molecule has 4 nitrogen and oxygen atoms in total. The van der Waals surface area contributed by atoms with Gasteiger partial charge in [-0.15, -0.1) is 0 Å². The van der Waals surface area contributed by atoms with Crippen LogP contribution in [-0.2, 0) is 11.4 Å². The Balaban J connectivity index is 1.77. The van der Waals surface area contributed by atoms with Crippen LogP contribution in [0.4, 0.5) is 4.39 Å². The first-order valence-electron chi connectivity index (χ1n) is 8.32. The number of likely N-dealkylation sites (N-methyl/N-ethyl adjacent to an activating group) is 1. The second kappa shape index (κ2) is 8.54. The summed E-state index contributed by atoms with van der Waals surface area (Å²) in [5.74, 6) is 0.687. The highest BCUT2D eigenvalue weighted by Gasteiger charge is 2.30. The predicted molar refractivity (Wildman–Crippen MR) is 109 cm³/mol. The summed E-state index contributed by atoms with van der Waals surface area (Å²) in [5.41, 5.74) is 1.53. The molecule has 0 saturated carbocycles. The zero-order valence-corrected chi connectivity index (χ0v) is 16.5. The lowest BCUT2D eigenvalue weighted by molar-refractivity contribution is -0.121. The Labute approximate surface area is 167 Å². The smallest absolute Gasteiger partial charge is 0.266 e. The fraction of sp³-hybridized carbons (Fsp3) is 0.200. The van der Waals surface area contributed by atoms with Crippen molar-refractivity contribution in [2.75, 3.05) is 13.7 Å². The number of benzene rings is 2. The number of carbonyl (C=O) groups excluding carboxylic acids is 1. The van der Waals surface area contributed by atoms with E-state index in [9.17, 15) is 9.18 Å². The van der Waals surface area contributed by atoms with Gasteiger partial charge in [-0.3, -0.25) is 9.69 Å². The quantitative estimate of drug-likeness (QED) is 0.519. The average molecular weight is 404 g/mol. The lowest BCUT2D eigenvalue weighted by Crippen LogP contribution is -2.27. The Morgan fingerprint density at radius 3 is 2.70 bits per heavy atom. The van der Waals surface area contributed by atoms with Crippen molar-refractivity contribution in [3.05, 3.63) is 64.3 Å². The van der Waals surface area contributed by atoms with Crippen LogP contribution in [0.5, 0.6) is 11.5 Å². The third kappa shape index (κ3) is 4.48. The van der Waals surface area contributed by atoms with E-state index in [-0.39, 0.29) is 18.3 Å². The van der Waals surface area contributed by atoms with Crippen molar-refractivity contribution in [2.45, 2.75) is 13.5 Å². The number of halogens is 1. The van der Waals surface area contributed by atoms with E-state index >= 15 is 0 Å². The molecule has 27 heavy (non-hydrogen) atoms. The fourth-order valence-electron chi connectivity index (χ4n) is 2.61. The van der Waals surface area contributed by atoms with Crippen molar-refractivity contribution in [2.24, 2.45) is 0 Å². The first kappa shape index (κ1) is 19.4. The predicted octanol–water partition coefficient (Wildman–Crippen LogP) is 4.63. The van der Waals surface area contributed by atoms with E-state index < -0.39 is 0 Å². The molecule has 1 saturated heterocycles. The van der Waals surface area contributed by atoms with E-state index in [1.54, 1.807) is 42.4 Å². The number of thioether (sulfide) groups is 1. The molecule has 0 spiro atoms. The summed E-state index contributed by atoms with van der Waals surface area (Å²) in [6.45, 7) is 2.67. The average Bonchev–Trinajstić information content (AvgIpc) is 2.93. The van der Waals surface area contributed by atoms with Crippen LogP contribution in [0, 0.1) is 5.82 Å². The van der Waals surface area contributed by atoms with E-state index in [4.69, 9.17) is 21.7 Å². The fourth-order valence-corrected chi connectivity index (χ4v) is 3.99. The van der Waals surface area contributed by atoms with Gasteiger partial charge in [-0.1, -0.05) is 42.2 Å². The highest BCUT2D eigenvalue weighted by molar-refractivity contribution is 8.26. The van der Waals surface area contributed by atoms with Gasteiger partial charge in [-0.2, -0.15) is 0 Å². The summed E-state index contributed by atoms with van der Waals surface area (Å²) in [4.78, 5) is 14.5. The van der Waals surface area contributed by atoms with Gasteiger partial charge in [0.15, 0.2) is 11.5 Å². The van der Waals surface area contributed by atoms with Crippen LogP contribution in [-0.4, -0.2) is 28.8 Å². The Morgan fingerprint density at radius 2 is 2.04 bits per heavy atom. The molecule has 0 bridgehead atoms. The molecule has 1 fully saturated rings. The van der Waals surface area contributed by atoms with Gasteiger partial charge in [-0.05, 0) is 48.4 Å². The number of rotatable bonds is 6. The first-order valence-corrected chi connectivity index (χ1v) is 9.55. The molecule has 2 aromatic carbocycles. The molecule has 0 unspecified atom stereocenters. The van der Waals surface area contributed by atoms with Crippen LogP contribution in [0.25, 0.3) is 6.08 Å². The SMILES string of the molecule is CCN1C(=O)C(=Cc2ccc(OCc3cccc(F)c3)c(OC)c2)SC1=S. The molecule has 3 rings (SSSR count). The summed E-state index contributed by atoms with van der Waals surface area (Å²) in [6, 6.07) is 11.6. The lowest BCUT2D eigenvalue weighted by Gasteiger charge is -2.12. The van der Waals surface area contributed by atoms with Gasteiger partial charge in [0.25, 0.3) is 5.91 Å². The van der Waals surface area contributed by atoms with Crippen LogP contribution >= 0.6 is 24.0 Å². The van der Waals surface area contributed by atoms with Crippen molar-refractivity contribution >= 4 is 40.3 Å². The van der Waals surface area contributed by atoms with Crippen LogP contribution in [0.3, 0.4) is 0 Å². The highest BCUT2D eigenvalue weighted by atomic mass is 32.2. The van der Waals surface area contributed by atoms with E-state index in [1.807, 2.05) is 13.0 Å². The Kier molecular flexibility index (Phi) is 6.13. The number of amides is 1. The number of hydrogen-bond donors (Lipinski definition) is 0. The summed E-state index contributed by atoms with van der Waals surface area (Å²) >= 11 is 6.51. The number of thiocarbonyl (C=S) groups is 1. The van der Waals surface area contributed by atoms with Crippen LogP contribution in [0.1, 0.15) is 18.1 Å². The van der Waals surface area contributed by atoms with E-state index in [1.165, 1.54) is 23.9 Å². The molecule has 2 aromatic rings.